The highest BCUT2D eigenvalue weighted by Crippen LogP contribution is 2.26. The summed E-state index contributed by atoms with van der Waals surface area (Å²) in [5.74, 6) is -0.416. The van der Waals surface area contributed by atoms with E-state index in [4.69, 9.17) is 16.7 Å². The Labute approximate surface area is 124 Å². The lowest BCUT2D eigenvalue weighted by Gasteiger charge is -2.09. The SMILES string of the molecule is CC(C)Cc1cccc(-c2ccc(Cl)c(C(=O)O)c2)c1. The van der Waals surface area contributed by atoms with Crippen molar-refractivity contribution in [1.82, 2.24) is 0 Å². The van der Waals surface area contributed by atoms with Crippen molar-refractivity contribution in [3.63, 3.8) is 0 Å². The predicted molar refractivity (Wildman–Crippen MR) is 82.4 cm³/mol. The Bertz CT molecular complexity index is 633. The summed E-state index contributed by atoms with van der Waals surface area (Å²) in [6.07, 6.45) is 1.01. The van der Waals surface area contributed by atoms with E-state index in [-0.39, 0.29) is 10.6 Å². The van der Waals surface area contributed by atoms with Crippen molar-refractivity contribution >= 4 is 17.6 Å². The van der Waals surface area contributed by atoms with Gasteiger partial charge in [-0.05, 0) is 41.2 Å². The first-order valence-corrected chi connectivity index (χ1v) is 6.97. The Hall–Kier alpha value is -1.80. The Morgan fingerprint density at radius 1 is 1.15 bits per heavy atom. The number of benzene rings is 2. The van der Waals surface area contributed by atoms with Gasteiger partial charge in [-0.25, -0.2) is 4.79 Å². The van der Waals surface area contributed by atoms with Gasteiger partial charge in [0.2, 0.25) is 0 Å². The molecule has 0 aromatic heterocycles. The zero-order valence-corrected chi connectivity index (χ0v) is 12.3. The molecule has 2 rings (SSSR count). The van der Waals surface area contributed by atoms with E-state index in [1.54, 1.807) is 12.1 Å². The minimum Gasteiger partial charge on any atom is -0.478 e. The molecular weight excluding hydrogens is 272 g/mol. The Kier molecular flexibility index (Phi) is 4.46. The Morgan fingerprint density at radius 2 is 1.85 bits per heavy atom. The lowest BCUT2D eigenvalue weighted by atomic mass is 9.97. The molecule has 0 aliphatic rings. The van der Waals surface area contributed by atoms with E-state index in [2.05, 4.69) is 26.0 Å². The van der Waals surface area contributed by atoms with Crippen molar-refractivity contribution in [2.75, 3.05) is 0 Å². The maximum Gasteiger partial charge on any atom is 0.337 e. The smallest absolute Gasteiger partial charge is 0.337 e. The van der Waals surface area contributed by atoms with Crippen molar-refractivity contribution in [2.45, 2.75) is 20.3 Å². The molecule has 0 fully saturated rings. The van der Waals surface area contributed by atoms with Crippen molar-refractivity contribution in [3.8, 4) is 11.1 Å². The van der Waals surface area contributed by atoms with Crippen LogP contribution in [0.5, 0.6) is 0 Å². The lowest BCUT2D eigenvalue weighted by molar-refractivity contribution is 0.0697. The predicted octanol–water partition coefficient (Wildman–Crippen LogP) is 4.90. The molecule has 0 amide bonds. The minimum atomic E-state index is -1.00. The Morgan fingerprint density at radius 3 is 2.50 bits per heavy atom. The van der Waals surface area contributed by atoms with Gasteiger partial charge in [-0.15, -0.1) is 0 Å². The van der Waals surface area contributed by atoms with Crippen LogP contribution in [0.15, 0.2) is 42.5 Å². The minimum absolute atomic E-state index is 0.137. The number of aromatic carboxylic acids is 1. The second-order valence-electron chi connectivity index (χ2n) is 5.30. The normalized spacial score (nSPS) is 10.8. The van der Waals surface area contributed by atoms with Crippen LogP contribution in [0.4, 0.5) is 0 Å². The highest BCUT2D eigenvalue weighted by Gasteiger charge is 2.10. The van der Waals surface area contributed by atoms with E-state index in [9.17, 15) is 4.79 Å². The number of rotatable bonds is 4. The molecule has 0 spiro atoms. The monoisotopic (exact) mass is 288 g/mol. The maximum absolute atomic E-state index is 11.1. The molecule has 0 unspecified atom stereocenters. The van der Waals surface area contributed by atoms with Gasteiger partial charge in [-0.1, -0.05) is 55.8 Å². The fourth-order valence-electron chi connectivity index (χ4n) is 2.22. The van der Waals surface area contributed by atoms with Crippen LogP contribution < -0.4 is 0 Å². The summed E-state index contributed by atoms with van der Waals surface area (Å²) in [6, 6.07) is 13.3. The summed E-state index contributed by atoms with van der Waals surface area (Å²) in [5, 5.41) is 9.39. The number of carboxylic acid groups (broad SMARTS) is 1. The molecule has 20 heavy (non-hydrogen) atoms. The van der Waals surface area contributed by atoms with Gasteiger partial charge in [-0.2, -0.15) is 0 Å². The highest BCUT2D eigenvalue weighted by molar-refractivity contribution is 6.33. The summed E-state index contributed by atoms with van der Waals surface area (Å²) in [4.78, 5) is 11.1. The van der Waals surface area contributed by atoms with Gasteiger partial charge in [0.05, 0.1) is 10.6 Å². The fraction of sp³-hybridized carbons (Fsp3) is 0.235. The molecule has 0 aliphatic heterocycles. The largest absolute Gasteiger partial charge is 0.478 e. The maximum atomic E-state index is 11.1. The van der Waals surface area contributed by atoms with E-state index in [0.29, 0.717) is 5.92 Å². The number of carbonyl (C=O) groups is 1. The third-order valence-corrected chi connectivity index (χ3v) is 3.43. The molecule has 0 aliphatic carbocycles. The molecule has 2 aromatic rings. The topological polar surface area (TPSA) is 37.3 Å². The molecule has 2 aromatic carbocycles. The van der Waals surface area contributed by atoms with Crippen molar-refractivity contribution in [2.24, 2.45) is 5.92 Å². The molecule has 104 valence electrons. The van der Waals surface area contributed by atoms with E-state index in [1.165, 1.54) is 5.56 Å². The third-order valence-electron chi connectivity index (χ3n) is 3.10. The zero-order chi connectivity index (χ0) is 14.7. The third kappa shape index (κ3) is 3.40. The number of hydrogen-bond acceptors (Lipinski definition) is 1. The highest BCUT2D eigenvalue weighted by atomic mass is 35.5. The van der Waals surface area contributed by atoms with E-state index in [0.717, 1.165) is 17.5 Å². The van der Waals surface area contributed by atoms with Crippen molar-refractivity contribution < 1.29 is 9.90 Å². The standard InChI is InChI=1S/C17H17ClO2/c1-11(2)8-12-4-3-5-13(9-12)14-6-7-16(18)15(10-14)17(19)20/h3-7,9-11H,8H2,1-2H3,(H,19,20). The van der Waals surface area contributed by atoms with Crippen LogP contribution in [0.1, 0.15) is 29.8 Å². The summed E-state index contributed by atoms with van der Waals surface area (Å²) < 4.78 is 0. The molecule has 3 heteroatoms. The molecule has 0 atom stereocenters. The number of hydrogen-bond donors (Lipinski definition) is 1. The summed E-state index contributed by atoms with van der Waals surface area (Å²) in [7, 11) is 0. The number of carboxylic acids is 1. The van der Waals surface area contributed by atoms with Gasteiger partial charge in [0.15, 0.2) is 0 Å². The van der Waals surface area contributed by atoms with Crippen LogP contribution >= 0.6 is 11.6 Å². The summed E-state index contributed by atoms with van der Waals surface area (Å²) in [5.41, 5.74) is 3.28. The van der Waals surface area contributed by atoms with Gasteiger partial charge in [0, 0.05) is 0 Å². The second kappa shape index (κ2) is 6.10. The molecule has 0 bridgehead atoms. The van der Waals surface area contributed by atoms with Crippen LogP contribution in [-0.2, 0) is 6.42 Å². The molecule has 0 heterocycles. The number of halogens is 1. The van der Waals surface area contributed by atoms with Crippen molar-refractivity contribution in [1.29, 1.82) is 0 Å². The first-order valence-electron chi connectivity index (χ1n) is 6.59. The van der Waals surface area contributed by atoms with Gasteiger partial charge in [-0.3, -0.25) is 0 Å². The van der Waals surface area contributed by atoms with E-state index < -0.39 is 5.97 Å². The average Bonchev–Trinajstić information content (AvgIpc) is 2.38. The quantitative estimate of drug-likeness (QED) is 0.868. The van der Waals surface area contributed by atoms with Gasteiger partial charge < -0.3 is 5.11 Å². The van der Waals surface area contributed by atoms with Crippen LogP contribution in [-0.4, -0.2) is 11.1 Å². The zero-order valence-electron chi connectivity index (χ0n) is 11.6. The fourth-order valence-corrected chi connectivity index (χ4v) is 2.42. The summed E-state index contributed by atoms with van der Waals surface area (Å²) in [6.45, 7) is 4.36. The molecule has 0 saturated carbocycles. The summed E-state index contributed by atoms with van der Waals surface area (Å²) >= 11 is 5.90. The van der Waals surface area contributed by atoms with Crippen molar-refractivity contribution in [3.05, 3.63) is 58.6 Å². The van der Waals surface area contributed by atoms with Crippen LogP contribution in [0.25, 0.3) is 11.1 Å². The first-order chi connectivity index (χ1) is 9.47. The molecular formula is C17H17ClO2. The van der Waals surface area contributed by atoms with E-state index >= 15 is 0 Å². The lowest BCUT2D eigenvalue weighted by Crippen LogP contribution is -1.98. The first kappa shape index (κ1) is 14.6. The molecule has 2 nitrogen and oxygen atoms in total. The van der Waals surface area contributed by atoms with Crippen LogP contribution in [0.2, 0.25) is 5.02 Å². The van der Waals surface area contributed by atoms with E-state index in [1.807, 2.05) is 18.2 Å². The van der Waals surface area contributed by atoms with Gasteiger partial charge in [0.25, 0.3) is 0 Å². The second-order valence-corrected chi connectivity index (χ2v) is 5.71. The molecule has 0 saturated heterocycles. The van der Waals surface area contributed by atoms with Gasteiger partial charge >= 0.3 is 5.97 Å². The molecule has 0 radical (unpaired) electrons. The average molecular weight is 289 g/mol. The van der Waals surface area contributed by atoms with Gasteiger partial charge in [0.1, 0.15) is 0 Å². The Balaban J connectivity index is 2.41. The van der Waals surface area contributed by atoms with Crippen LogP contribution in [0, 0.1) is 5.92 Å². The molecule has 1 N–H and O–H groups in total. The van der Waals surface area contributed by atoms with Crippen LogP contribution in [0.3, 0.4) is 0 Å².